The Bertz CT molecular complexity index is 1410. The Kier molecular flexibility index (Phi) is 6.94. The number of carbonyl (C=O) groups is 1. The third kappa shape index (κ3) is 5.08. The molecule has 1 aliphatic carbocycles. The molecule has 1 aromatic heterocycles. The molecule has 6 nitrogen and oxygen atoms in total. The van der Waals surface area contributed by atoms with Gasteiger partial charge in [-0.2, -0.15) is 5.10 Å². The largest absolute Gasteiger partial charge is 0.457 e. The van der Waals surface area contributed by atoms with E-state index in [2.05, 4.69) is 15.5 Å². The molecule has 0 aliphatic heterocycles. The minimum atomic E-state index is -0.255. The van der Waals surface area contributed by atoms with Gasteiger partial charge in [-0.15, -0.1) is 0 Å². The Morgan fingerprint density at radius 2 is 1.61 bits per heavy atom. The van der Waals surface area contributed by atoms with Crippen molar-refractivity contribution in [3.05, 3.63) is 100 Å². The molecule has 4 aromatic rings. The van der Waals surface area contributed by atoms with Crippen LogP contribution in [0.3, 0.4) is 0 Å². The molecule has 3 aromatic carbocycles. The van der Waals surface area contributed by atoms with Crippen molar-refractivity contribution >= 4 is 5.91 Å². The number of nitrogens with one attached hydrogen (secondary N) is 2. The van der Waals surface area contributed by atoms with Crippen molar-refractivity contribution in [3.8, 4) is 33.9 Å². The molecule has 0 bridgehead atoms. The predicted octanol–water partition coefficient (Wildman–Crippen LogP) is 6.27. The summed E-state index contributed by atoms with van der Waals surface area (Å²) < 4.78 is 6.16. The van der Waals surface area contributed by atoms with Crippen molar-refractivity contribution in [1.82, 2.24) is 15.5 Å². The second kappa shape index (κ2) is 10.6. The lowest BCUT2D eigenvalue weighted by molar-refractivity contribution is 0.0927. The molecule has 1 saturated carbocycles. The van der Waals surface area contributed by atoms with Gasteiger partial charge in [0.1, 0.15) is 17.2 Å². The highest BCUT2D eigenvalue weighted by Crippen LogP contribution is 2.38. The van der Waals surface area contributed by atoms with E-state index in [1.807, 2.05) is 78.9 Å². The first-order valence-electron chi connectivity index (χ1n) is 12.4. The zero-order valence-electron chi connectivity index (χ0n) is 20.3. The molecule has 1 amide bonds. The van der Waals surface area contributed by atoms with Gasteiger partial charge >= 0.3 is 0 Å². The van der Waals surface area contributed by atoms with Crippen LogP contribution in [0.2, 0.25) is 0 Å². The number of para-hydroxylation sites is 2. The van der Waals surface area contributed by atoms with E-state index in [4.69, 9.17) is 4.74 Å². The van der Waals surface area contributed by atoms with Gasteiger partial charge in [0.15, 0.2) is 0 Å². The monoisotopic (exact) mass is 479 g/mol. The maximum absolute atomic E-state index is 12.8. The van der Waals surface area contributed by atoms with Crippen molar-refractivity contribution < 1.29 is 9.53 Å². The molecule has 0 saturated heterocycles. The zero-order chi connectivity index (χ0) is 24.9. The Hall–Kier alpha value is -4.19. The molecule has 6 heteroatoms. The Balaban J connectivity index is 1.49. The van der Waals surface area contributed by atoms with Gasteiger partial charge in [0, 0.05) is 28.3 Å². The number of H-pyrrole nitrogens is 1. The summed E-state index contributed by atoms with van der Waals surface area (Å²) >= 11 is 0. The molecule has 0 spiro atoms. The first-order valence-corrected chi connectivity index (χ1v) is 12.4. The highest BCUT2D eigenvalue weighted by atomic mass is 16.5. The average Bonchev–Trinajstić information content (AvgIpc) is 2.92. The Labute approximate surface area is 210 Å². The van der Waals surface area contributed by atoms with Gasteiger partial charge in [0.05, 0.1) is 0 Å². The molecule has 36 heavy (non-hydrogen) atoms. The SMILES string of the molecule is Cc1c(-c2ccc(C(=O)NC3CCCCC3)cc2)c(-c2ccccc2Oc2ccccc2)n[nH]c1=O. The van der Waals surface area contributed by atoms with Crippen molar-refractivity contribution in [2.45, 2.75) is 45.1 Å². The molecule has 2 N–H and O–H groups in total. The van der Waals surface area contributed by atoms with Crippen molar-refractivity contribution in [2.75, 3.05) is 0 Å². The third-order valence-electron chi connectivity index (χ3n) is 6.71. The highest BCUT2D eigenvalue weighted by molar-refractivity contribution is 5.95. The van der Waals surface area contributed by atoms with Gasteiger partial charge in [0.25, 0.3) is 11.5 Å². The van der Waals surface area contributed by atoms with Crippen LogP contribution in [0.1, 0.15) is 48.0 Å². The lowest BCUT2D eigenvalue weighted by Gasteiger charge is -2.22. The van der Waals surface area contributed by atoms with Crippen LogP contribution in [-0.2, 0) is 0 Å². The van der Waals surface area contributed by atoms with E-state index < -0.39 is 0 Å². The Morgan fingerprint density at radius 1 is 0.917 bits per heavy atom. The third-order valence-corrected chi connectivity index (χ3v) is 6.71. The minimum Gasteiger partial charge on any atom is -0.457 e. The number of hydrogen-bond donors (Lipinski definition) is 2. The molecule has 1 heterocycles. The maximum atomic E-state index is 12.8. The van der Waals surface area contributed by atoms with Crippen LogP contribution in [0, 0.1) is 6.92 Å². The summed E-state index contributed by atoms with van der Waals surface area (Å²) in [6.45, 7) is 1.78. The summed E-state index contributed by atoms with van der Waals surface area (Å²) in [5.41, 5.74) is 3.79. The summed E-state index contributed by atoms with van der Waals surface area (Å²) in [4.78, 5) is 25.3. The van der Waals surface area contributed by atoms with Gasteiger partial charge in [-0.05, 0) is 61.7 Å². The molecular formula is C30H29N3O3. The van der Waals surface area contributed by atoms with Crippen molar-refractivity contribution in [2.24, 2.45) is 0 Å². The summed E-state index contributed by atoms with van der Waals surface area (Å²) in [5.74, 6) is 1.28. The van der Waals surface area contributed by atoms with Crippen LogP contribution in [0.5, 0.6) is 11.5 Å². The maximum Gasteiger partial charge on any atom is 0.267 e. The summed E-state index contributed by atoms with van der Waals surface area (Å²) in [5, 5.41) is 10.2. The highest BCUT2D eigenvalue weighted by Gasteiger charge is 2.20. The normalized spacial score (nSPS) is 13.8. The van der Waals surface area contributed by atoms with E-state index in [9.17, 15) is 9.59 Å². The van der Waals surface area contributed by atoms with E-state index in [0.717, 1.165) is 36.8 Å². The van der Waals surface area contributed by atoms with Gasteiger partial charge in [0.2, 0.25) is 0 Å². The van der Waals surface area contributed by atoms with Crippen molar-refractivity contribution in [1.29, 1.82) is 0 Å². The van der Waals surface area contributed by atoms with E-state index in [-0.39, 0.29) is 17.5 Å². The minimum absolute atomic E-state index is 0.0592. The lowest BCUT2D eigenvalue weighted by atomic mass is 9.94. The van der Waals surface area contributed by atoms with Gasteiger partial charge in [-0.1, -0.05) is 61.7 Å². The van der Waals surface area contributed by atoms with E-state index >= 15 is 0 Å². The number of benzene rings is 3. The van der Waals surface area contributed by atoms with E-state index in [0.29, 0.717) is 33.9 Å². The fourth-order valence-corrected chi connectivity index (χ4v) is 4.76. The van der Waals surface area contributed by atoms with Crippen LogP contribution in [0.4, 0.5) is 0 Å². The first kappa shape index (κ1) is 23.5. The zero-order valence-corrected chi connectivity index (χ0v) is 20.3. The number of hydrogen-bond acceptors (Lipinski definition) is 4. The first-order chi connectivity index (χ1) is 17.6. The van der Waals surface area contributed by atoms with E-state index in [1.54, 1.807) is 6.92 Å². The number of ether oxygens (including phenoxy) is 1. The number of carbonyl (C=O) groups excluding carboxylic acids is 1. The van der Waals surface area contributed by atoms with Crippen molar-refractivity contribution in [3.63, 3.8) is 0 Å². The number of aromatic nitrogens is 2. The molecule has 0 radical (unpaired) electrons. The number of aromatic amines is 1. The van der Waals surface area contributed by atoms with Gasteiger partial charge < -0.3 is 10.1 Å². The van der Waals surface area contributed by atoms with Crippen LogP contribution in [0.25, 0.3) is 22.4 Å². The average molecular weight is 480 g/mol. The second-order valence-corrected chi connectivity index (χ2v) is 9.20. The second-order valence-electron chi connectivity index (χ2n) is 9.20. The van der Waals surface area contributed by atoms with Crippen LogP contribution < -0.4 is 15.6 Å². The smallest absolute Gasteiger partial charge is 0.267 e. The van der Waals surface area contributed by atoms with Crippen LogP contribution >= 0.6 is 0 Å². The quantitative estimate of drug-likeness (QED) is 0.341. The molecule has 0 atom stereocenters. The lowest BCUT2D eigenvalue weighted by Crippen LogP contribution is -2.36. The molecule has 182 valence electrons. The van der Waals surface area contributed by atoms with Gasteiger partial charge in [-0.3, -0.25) is 9.59 Å². The van der Waals surface area contributed by atoms with E-state index in [1.165, 1.54) is 6.42 Å². The molecule has 0 unspecified atom stereocenters. The fourth-order valence-electron chi connectivity index (χ4n) is 4.76. The Morgan fingerprint density at radius 3 is 2.36 bits per heavy atom. The number of nitrogens with zero attached hydrogens (tertiary/aromatic N) is 1. The summed E-state index contributed by atoms with van der Waals surface area (Å²) in [6.07, 6.45) is 5.64. The molecule has 5 rings (SSSR count). The topological polar surface area (TPSA) is 84.1 Å². The standard InChI is InChI=1S/C30H29N3O3/c1-20-27(21-16-18-22(19-17-21)30(35)31-23-10-4-2-5-11-23)28(32-33-29(20)34)25-14-8-9-15-26(25)36-24-12-6-3-7-13-24/h3,6-9,12-19,23H,2,4-5,10-11H2,1H3,(H,31,35)(H,33,34). The fraction of sp³-hybridized carbons (Fsp3) is 0.233. The summed E-state index contributed by atoms with van der Waals surface area (Å²) in [6, 6.07) is 24.8. The predicted molar refractivity (Wildman–Crippen MR) is 141 cm³/mol. The van der Waals surface area contributed by atoms with Gasteiger partial charge in [-0.25, -0.2) is 5.10 Å². The number of amides is 1. The molecular weight excluding hydrogens is 450 g/mol. The van der Waals surface area contributed by atoms with Crippen LogP contribution in [-0.4, -0.2) is 22.1 Å². The molecule has 1 aliphatic rings. The van der Waals surface area contributed by atoms with Crippen LogP contribution in [0.15, 0.2) is 83.7 Å². The number of rotatable bonds is 6. The molecule has 1 fully saturated rings. The summed E-state index contributed by atoms with van der Waals surface area (Å²) in [7, 11) is 0.